The highest BCUT2D eigenvalue weighted by molar-refractivity contribution is 6.35. The molecule has 0 aliphatic heterocycles. The standard InChI is InChI=1S/C22H28N2O2/c1-16(2)20(19-13-9-6-10-14-19)23-21(25)22(26)24(17(3)4)15-18-11-7-5-8-12-18/h5-14,16-17,20H,15H2,1-4H3,(H,23,25)/t20-/m1/s1. The first-order chi connectivity index (χ1) is 12.4. The van der Waals surface area contributed by atoms with Crippen LogP contribution in [-0.4, -0.2) is 22.8 Å². The third-order valence-electron chi connectivity index (χ3n) is 4.39. The lowest BCUT2D eigenvalue weighted by molar-refractivity contribution is -0.148. The van der Waals surface area contributed by atoms with Gasteiger partial charge < -0.3 is 10.2 Å². The van der Waals surface area contributed by atoms with Crippen molar-refractivity contribution in [2.24, 2.45) is 5.92 Å². The van der Waals surface area contributed by atoms with E-state index < -0.39 is 11.8 Å². The average Bonchev–Trinajstić information content (AvgIpc) is 2.64. The van der Waals surface area contributed by atoms with Crippen LogP contribution in [0.2, 0.25) is 0 Å². The lowest BCUT2D eigenvalue weighted by Crippen LogP contribution is -2.47. The van der Waals surface area contributed by atoms with E-state index in [4.69, 9.17) is 0 Å². The topological polar surface area (TPSA) is 49.4 Å². The Kier molecular flexibility index (Phi) is 6.96. The number of nitrogens with zero attached hydrogens (tertiary/aromatic N) is 1. The van der Waals surface area contributed by atoms with Gasteiger partial charge in [0.1, 0.15) is 0 Å². The lowest BCUT2D eigenvalue weighted by atomic mass is 9.96. The molecule has 0 radical (unpaired) electrons. The quantitative estimate of drug-likeness (QED) is 0.801. The van der Waals surface area contributed by atoms with E-state index >= 15 is 0 Å². The molecular weight excluding hydrogens is 324 g/mol. The van der Waals surface area contributed by atoms with Crippen LogP contribution in [0, 0.1) is 5.92 Å². The Morgan fingerprint density at radius 1 is 0.885 bits per heavy atom. The molecule has 0 spiro atoms. The van der Waals surface area contributed by atoms with Crippen LogP contribution in [0.25, 0.3) is 0 Å². The smallest absolute Gasteiger partial charge is 0.312 e. The molecule has 4 heteroatoms. The summed E-state index contributed by atoms with van der Waals surface area (Å²) >= 11 is 0. The van der Waals surface area contributed by atoms with Crippen LogP contribution in [0.4, 0.5) is 0 Å². The van der Waals surface area contributed by atoms with Gasteiger partial charge in [-0.1, -0.05) is 74.5 Å². The van der Waals surface area contributed by atoms with Gasteiger partial charge in [-0.2, -0.15) is 0 Å². The average molecular weight is 352 g/mol. The fourth-order valence-electron chi connectivity index (χ4n) is 2.90. The number of amides is 2. The molecule has 0 saturated carbocycles. The summed E-state index contributed by atoms with van der Waals surface area (Å²) in [6.07, 6.45) is 0. The number of nitrogens with one attached hydrogen (secondary N) is 1. The van der Waals surface area contributed by atoms with Crippen LogP contribution >= 0.6 is 0 Å². The van der Waals surface area contributed by atoms with Crippen molar-refractivity contribution in [2.75, 3.05) is 0 Å². The molecule has 0 aliphatic carbocycles. The summed E-state index contributed by atoms with van der Waals surface area (Å²) in [6.45, 7) is 8.33. The van der Waals surface area contributed by atoms with Crippen molar-refractivity contribution in [1.82, 2.24) is 10.2 Å². The first-order valence-corrected chi connectivity index (χ1v) is 9.10. The van der Waals surface area contributed by atoms with Gasteiger partial charge >= 0.3 is 11.8 Å². The van der Waals surface area contributed by atoms with Gasteiger partial charge in [-0.3, -0.25) is 9.59 Å². The Bertz CT molecular complexity index is 711. The van der Waals surface area contributed by atoms with E-state index in [-0.39, 0.29) is 18.0 Å². The largest absolute Gasteiger partial charge is 0.341 e. The Morgan fingerprint density at radius 2 is 1.42 bits per heavy atom. The van der Waals surface area contributed by atoms with E-state index in [9.17, 15) is 9.59 Å². The number of benzene rings is 2. The highest BCUT2D eigenvalue weighted by atomic mass is 16.2. The minimum absolute atomic E-state index is 0.0670. The lowest BCUT2D eigenvalue weighted by Gasteiger charge is -2.28. The van der Waals surface area contributed by atoms with Crippen LogP contribution in [-0.2, 0) is 16.1 Å². The number of carbonyl (C=O) groups is 2. The van der Waals surface area contributed by atoms with E-state index in [1.807, 2.05) is 88.4 Å². The molecule has 0 aromatic heterocycles. The van der Waals surface area contributed by atoms with E-state index in [0.717, 1.165) is 11.1 Å². The van der Waals surface area contributed by atoms with Crippen molar-refractivity contribution in [3.05, 3.63) is 71.8 Å². The maximum atomic E-state index is 12.8. The monoisotopic (exact) mass is 352 g/mol. The molecule has 1 N–H and O–H groups in total. The predicted molar refractivity (Wildman–Crippen MR) is 104 cm³/mol. The SMILES string of the molecule is CC(C)[C@@H](NC(=O)C(=O)N(Cc1ccccc1)C(C)C)c1ccccc1. The molecule has 4 nitrogen and oxygen atoms in total. The van der Waals surface area contributed by atoms with Gasteiger partial charge in [0, 0.05) is 12.6 Å². The van der Waals surface area contributed by atoms with E-state index in [1.54, 1.807) is 4.90 Å². The number of carbonyl (C=O) groups excluding carboxylic acids is 2. The normalized spacial score (nSPS) is 12.1. The maximum absolute atomic E-state index is 12.8. The summed E-state index contributed by atoms with van der Waals surface area (Å²) in [5.41, 5.74) is 2.01. The van der Waals surface area contributed by atoms with Gasteiger partial charge in [-0.15, -0.1) is 0 Å². The number of hydrogen-bond donors (Lipinski definition) is 1. The van der Waals surface area contributed by atoms with Crippen LogP contribution in [0.5, 0.6) is 0 Å². The van der Waals surface area contributed by atoms with Crippen molar-refractivity contribution < 1.29 is 9.59 Å². The van der Waals surface area contributed by atoms with Crippen LogP contribution in [0.1, 0.15) is 44.9 Å². The minimum Gasteiger partial charge on any atom is -0.341 e. The van der Waals surface area contributed by atoms with E-state index in [2.05, 4.69) is 5.32 Å². The van der Waals surface area contributed by atoms with Gasteiger partial charge in [-0.25, -0.2) is 0 Å². The van der Waals surface area contributed by atoms with E-state index in [0.29, 0.717) is 6.54 Å². The van der Waals surface area contributed by atoms with Crippen LogP contribution in [0.15, 0.2) is 60.7 Å². The summed E-state index contributed by atoms with van der Waals surface area (Å²) in [7, 11) is 0. The summed E-state index contributed by atoms with van der Waals surface area (Å²) in [4.78, 5) is 27.1. The molecule has 2 rings (SSSR count). The molecular formula is C22H28N2O2. The first kappa shape index (κ1) is 19.7. The molecule has 2 aromatic rings. The molecule has 0 saturated heterocycles. The fourth-order valence-corrected chi connectivity index (χ4v) is 2.90. The zero-order valence-corrected chi connectivity index (χ0v) is 16.0. The van der Waals surface area contributed by atoms with Gasteiger partial charge in [0.25, 0.3) is 0 Å². The van der Waals surface area contributed by atoms with Gasteiger partial charge in [-0.05, 0) is 30.9 Å². The first-order valence-electron chi connectivity index (χ1n) is 9.10. The van der Waals surface area contributed by atoms with Gasteiger partial charge in [0.05, 0.1) is 6.04 Å². The van der Waals surface area contributed by atoms with Crippen molar-refractivity contribution in [3.8, 4) is 0 Å². The third kappa shape index (κ3) is 5.19. The molecule has 0 aliphatic rings. The molecule has 0 bridgehead atoms. The molecule has 0 heterocycles. The van der Waals surface area contributed by atoms with Crippen molar-refractivity contribution in [3.63, 3.8) is 0 Å². The van der Waals surface area contributed by atoms with Crippen molar-refractivity contribution in [2.45, 2.75) is 46.3 Å². The minimum atomic E-state index is -0.558. The zero-order chi connectivity index (χ0) is 19.1. The van der Waals surface area contributed by atoms with Gasteiger partial charge in [0.2, 0.25) is 0 Å². The Labute approximate surface area is 156 Å². The summed E-state index contributed by atoms with van der Waals surface area (Å²) in [5.74, 6) is -0.876. The maximum Gasteiger partial charge on any atom is 0.312 e. The highest BCUT2D eigenvalue weighted by Crippen LogP contribution is 2.21. The van der Waals surface area contributed by atoms with Crippen LogP contribution < -0.4 is 5.32 Å². The number of hydrogen-bond acceptors (Lipinski definition) is 2. The van der Waals surface area contributed by atoms with E-state index in [1.165, 1.54) is 0 Å². The second-order valence-electron chi connectivity index (χ2n) is 7.12. The van der Waals surface area contributed by atoms with Gasteiger partial charge in [0.15, 0.2) is 0 Å². The summed E-state index contributed by atoms with van der Waals surface area (Å²) in [6, 6.07) is 19.2. The molecule has 26 heavy (non-hydrogen) atoms. The highest BCUT2D eigenvalue weighted by Gasteiger charge is 2.27. The Morgan fingerprint density at radius 3 is 1.92 bits per heavy atom. The molecule has 2 aromatic carbocycles. The second-order valence-corrected chi connectivity index (χ2v) is 7.12. The Hall–Kier alpha value is -2.62. The van der Waals surface area contributed by atoms with Crippen molar-refractivity contribution in [1.29, 1.82) is 0 Å². The fraction of sp³-hybridized carbons (Fsp3) is 0.364. The van der Waals surface area contributed by atoms with Crippen molar-refractivity contribution >= 4 is 11.8 Å². The predicted octanol–water partition coefficient (Wildman–Crippen LogP) is 3.94. The zero-order valence-electron chi connectivity index (χ0n) is 16.0. The molecule has 138 valence electrons. The molecule has 0 unspecified atom stereocenters. The summed E-state index contributed by atoms with van der Waals surface area (Å²) in [5, 5.41) is 2.92. The molecule has 1 atom stereocenters. The van der Waals surface area contributed by atoms with Crippen LogP contribution in [0.3, 0.4) is 0 Å². The number of rotatable bonds is 6. The molecule has 2 amide bonds. The Balaban J connectivity index is 2.13. The third-order valence-corrected chi connectivity index (χ3v) is 4.39. The molecule has 0 fully saturated rings. The second kappa shape index (κ2) is 9.18. The summed E-state index contributed by atoms with van der Waals surface area (Å²) < 4.78 is 0.